The van der Waals surface area contributed by atoms with Gasteiger partial charge in [0, 0.05) is 31.8 Å². The molecule has 7 nitrogen and oxygen atoms in total. The van der Waals surface area contributed by atoms with Crippen molar-refractivity contribution in [2.75, 3.05) is 26.8 Å². The van der Waals surface area contributed by atoms with Gasteiger partial charge in [-0.3, -0.25) is 4.79 Å². The summed E-state index contributed by atoms with van der Waals surface area (Å²) in [5, 5.41) is 15.2. The molecule has 1 aromatic heterocycles. The Hall–Kier alpha value is -3.00. The fraction of sp³-hybridized carbons (Fsp3) is 0.467. The molecule has 1 aliphatic carbocycles. The van der Waals surface area contributed by atoms with Crippen LogP contribution in [0.2, 0.25) is 0 Å². The van der Waals surface area contributed by atoms with Gasteiger partial charge in [-0.1, -0.05) is 73.5 Å². The predicted molar refractivity (Wildman–Crippen MR) is 144 cm³/mol. The summed E-state index contributed by atoms with van der Waals surface area (Å²) in [6, 6.07) is 20.3. The molecule has 0 radical (unpaired) electrons. The molecular weight excluding hydrogens is 464 g/mol. The molecule has 196 valence electrons. The Balaban J connectivity index is 1.55. The van der Waals surface area contributed by atoms with Crippen LogP contribution in [-0.2, 0) is 11.2 Å². The van der Waals surface area contributed by atoms with Gasteiger partial charge in [0.15, 0.2) is 5.69 Å². The predicted octanol–water partition coefficient (Wildman–Crippen LogP) is 4.09. The van der Waals surface area contributed by atoms with Crippen LogP contribution in [0.1, 0.15) is 54.7 Å². The summed E-state index contributed by atoms with van der Waals surface area (Å²) < 4.78 is 7.49. The molecule has 37 heavy (non-hydrogen) atoms. The monoisotopic (exact) mass is 502 g/mol. The van der Waals surface area contributed by atoms with Crippen LogP contribution in [0.4, 0.5) is 0 Å². The molecule has 1 saturated carbocycles. The Labute approximate surface area is 219 Å². The smallest absolute Gasteiger partial charge is 0.275 e. The highest BCUT2D eigenvalue weighted by atomic mass is 16.5. The van der Waals surface area contributed by atoms with E-state index in [4.69, 9.17) is 9.72 Å². The average molecular weight is 503 g/mol. The Kier molecular flexibility index (Phi) is 7.74. The van der Waals surface area contributed by atoms with Crippen LogP contribution >= 0.6 is 0 Å². The average Bonchev–Trinajstić information content (AvgIpc) is 3.35. The van der Waals surface area contributed by atoms with E-state index in [1.54, 1.807) is 13.4 Å². The van der Waals surface area contributed by atoms with Gasteiger partial charge in [0.05, 0.1) is 30.7 Å². The third kappa shape index (κ3) is 5.21. The molecule has 1 unspecified atom stereocenters. The van der Waals surface area contributed by atoms with Gasteiger partial charge in [-0.05, 0) is 31.7 Å². The maximum atomic E-state index is 14.3. The topological polar surface area (TPSA) is 79.6 Å². The van der Waals surface area contributed by atoms with Crippen molar-refractivity contribution >= 4 is 5.91 Å². The number of ether oxygens (including phenoxy) is 1. The second-order valence-electron chi connectivity index (χ2n) is 10.5. The molecule has 2 aliphatic rings. The maximum absolute atomic E-state index is 14.3. The first-order chi connectivity index (χ1) is 18.0. The minimum atomic E-state index is -1.00. The number of carbonyl (C=O) groups is 1. The first-order valence-corrected chi connectivity index (χ1v) is 13.4. The lowest BCUT2D eigenvalue weighted by molar-refractivity contribution is -0.0893. The van der Waals surface area contributed by atoms with E-state index in [2.05, 4.69) is 24.4 Å². The number of rotatable bonds is 7. The second-order valence-corrected chi connectivity index (χ2v) is 10.5. The van der Waals surface area contributed by atoms with Gasteiger partial charge in [-0.15, -0.1) is 0 Å². The van der Waals surface area contributed by atoms with Crippen LogP contribution in [0.15, 0.2) is 67.0 Å². The summed E-state index contributed by atoms with van der Waals surface area (Å²) in [6.07, 6.45) is 5.97. The van der Waals surface area contributed by atoms with Crippen LogP contribution in [0, 0.1) is 0 Å². The van der Waals surface area contributed by atoms with E-state index in [1.165, 1.54) is 5.56 Å². The molecule has 4 atom stereocenters. The van der Waals surface area contributed by atoms with E-state index in [1.807, 2.05) is 58.0 Å². The van der Waals surface area contributed by atoms with Crippen molar-refractivity contribution in [1.82, 2.24) is 19.8 Å². The van der Waals surface area contributed by atoms with Crippen molar-refractivity contribution in [2.24, 2.45) is 0 Å². The normalized spacial score (nSPS) is 26.2. The highest BCUT2D eigenvalue weighted by molar-refractivity contribution is 5.98. The third-order valence-corrected chi connectivity index (χ3v) is 8.08. The van der Waals surface area contributed by atoms with Crippen molar-refractivity contribution in [3.63, 3.8) is 0 Å². The zero-order chi connectivity index (χ0) is 25.8. The molecule has 0 spiro atoms. The van der Waals surface area contributed by atoms with E-state index in [0.29, 0.717) is 18.7 Å². The number of hydrogen-bond donors (Lipinski definition) is 2. The molecule has 0 bridgehead atoms. The van der Waals surface area contributed by atoms with Gasteiger partial charge in [0.25, 0.3) is 5.91 Å². The van der Waals surface area contributed by atoms with Crippen LogP contribution in [0.25, 0.3) is 11.3 Å². The van der Waals surface area contributed by atoms with Gasteiger partial charge < -0.3 is 24.6 Å². The maximum Gasteiger partial charge on any atom is 0.275 e. The molecule has 2 fully saturated rings. The van der Waals surface area contributed by atoms with Crippen LogP contribution in [-0.4, -0.2) is 70.0 Å². The zero-order valence-electron chi connectivity index (χ0n) is 21.8. The quantitative estimate of drug-likeness (QED) is 0.509. The fourth-order valence-corrected chi connectivity index (χ4v) is 6.17. The van der Waals surface area contributed by atoms with E-state index in [9.17, 15) is 9.90 Å². The molecule has 2 aromatic carbocycles. The lowest BCUT2D eigenvalue weighted by atomic mass is 9.80. The molecule has 1 saturated heterocycles. The fourth-order valence-electron chi connectivity index (χ4n) is 6.17. The van der Waals surface area contributed by atoms with E-state index < -0.39 is 5.60 Å². The number of nitrogens with zero attached hydrogens (tertiary/aromatic N) is 3. The van der Waals surface area contributed by atoms with E-state index >= 15 is 0 Å². The summed E-state index contributed by atoms with van der Waals surface area (Å²) in [5.74, 6) is -0.0574. The molecule has 5 rings (SSSR count). The number of imidazole rings is 1. The van der Waals surface area contributed by atoms with Crippen molar-refractivity contribution in [1.29, 1.82) is 0 Å². The molecule has 1 aliphatic heterocycles. The van der Waals surface area contributed by atoms with E-state index in [0.717, 1.165) is 43.5 Å². The number of aromatic nitrogens is 2. The number of methoxy groups -OCH3 is 1. The second kappa shape index (κ2) is 11.2. The first-order valence-electron chi connectivity index (χ1n) is 13.4. The third-order valence-electron chi connectivity index (χ3n) is 8.08. The highest BCUT2D eigenvalue weighted by Crippen LogP contribution is 2.41. The summed E-state index contributed by atoms with van der Waals surface area (Å²) in [6.45, 7) is 3.77. The number of nitrogens with one attached hydrogen (secondary N) is 1. The summed E-state index contributed by atoms with van der Waals surface area (Å²) >= 11 is 0. The van der Waals surface area contributed by atoms with Crippen molar-refractivity contribution in [3.05, 3.63) is 78.2 Å². The standard InChI is InChI=1S/C30H38N4O3/c1-22-25(19-23-11-5-3-6-12-23)33(18-17-31-22)29(35)27-28(24-13-7-4-8-14-24)34(21-32-27)26-15-9-10-16-30(26,36)20-37-2/h3-8,11-14,21-22,25-26,31,36H,9-10,15-20H2,1-2H3/t22?,25-,26-,30-/m1/s1. The van der Waals surface area contributed by atoms with Crippen LogP contribution in [0.3, 0.4) is 0 Å². The SMILES string of the molecule is COC[C@]1(O)CCCC[C@H]1n1cnc(C(=O)N2CCNC(C)[C@H]2Cc2ccccc2)c1-c1ccccc1. The van der Waals surface area contributed by atoms with Gasteiger partial charge in [-0.2, -0.15) is 0 Å². The molecule has 3 aromatic rings. The van der Waals surface area contributed by atoms with E-state index in [-0.39, 0.29) is 30.6 Å². The summed E-state index contributed by atoms with van der Waals surface area (Å²) in [7, 11) is 1.63. The summed E-state index contributed by atoms with van der Waals surface area (Å²) in [5.41, 5.74) is 2.36. The first kappa shape index (κ1) is 25.6. The Bertz CT molecular complexity index is 1180. The number of amides is 1. The number of aliphatic hydroxyl groups is 1. The summed E-state index contributed by atoms with van der Waals surface area (Å²) in [4.78, 5) is 21.0. The van der Waals surface area contributed by atoms with Gasteiger partial charge in [0.1, 0.15) is 5.60 Å². The number of piperazine rings is 1. The number of hydrogen-bond acceptors (Lipinski definition) is 5. The zero-order valence-corrected chi connectivity index (χ0v) is 21.8. The molecule has 7 heteroatoms. The number of benzene rings is 2. The highest BCUT2D eigenvalue weighted by Gasteiger charge is 2.42. The minimum absolute atomic E-state index is 0.0116. The van der Waals surface area contributed by atoms with Crippen molar-refractivity contribution < 1.29 is 14.6 Å². The van der Waals surface area contributed by atoms with Crippen molar-refractivity contribution in [3.8, 4) is 11.3 Å². The Morgan fingerprint density at radius 3 is 2.59 bits per heavy atom. The largest absolute Gasteiger partial charge is 0.385 e. The molecular formula is C30H38N4O3. The Morgan fingerprint density at radius 2 is 1.86 bits per heavy atom. The Morgan fingerprint density at radius 1 is 1.14 bits per heavy atom. The minimum Gasteiger partial charge on any atom is -0.385 e. The number of carbonyl (C=O) groups excluding carboxylic acids is 1. The van der Waals surface area contributed by atoms with Gasteiger partial charge >= 0.3 is 0 Å². The van der Waals surface area contributed by atoms with Crippen LogP contribution in [0.5, 0.6) is 0 Å². The molecule has 2 N–H and O–H groups in total. The molecule has 1 amide bonds. The van der Waals surface area contributed by atoms with Crippen molar-refractivity contribution in [2.45, 2.75) is 62.8 Å². The lowest BCUT2D eigenvalue weighted by Crippen LogP contribution is -2.59. The lowest BCUT2D eigenvalue weighted by Gasteiger charge is -2.41. The van der Waals surface area contributed by atoms with Crippen LogP contribution < -0.4 is 5.32 Å². The van der Waals surface area contributed by atoms with Gasteiger partial charge in [0.2, 0.25) is 0 Å². The molecule has 2 heterocycles. The van der Waals surface area contributed by atoms with Gasteiger partial charge in [-0.25, -0.2) is 4.98 Å².